The first-order chi connectivity index (χ1) is 22.5. The molecule has 1 heterocycles. The Hall–Kier alpha value is -3.51. The first-order valence-electron chi connectivity index (χ1n) is 11.9. The Labute approximate surface area is 314 Å². The number of rotatable bonds is 10. The molecule has 0 radical (unpaired) electrons. The second-order valence-corrected chi connectivity index (χ2v) is 15.4. The molecule has 3 rings (SSSR count). The molecule has 2 aromatic carbocycles. The minimum Gasteiger partial charge on any atom is -0.478 e. The van der Waals surface area contributed by atoms with Gasteiger partial charge >= 0.3 is 66.6 Å². The summed E-state index contributed by atoms with van der Waals surface area (Å²) in [5, 5.41) is 8.36. The third-order valence-electron chi connectivity index (χ3n) is 4.72. The number of carbonyl (C=O) groups is 4. The third kappa shape index (κ3) is 16.4. The second-order valence-electron chi connectivity index (χ2n) is 8.54. The van der Waals surface area contributed by atoms with E-state index in [0.29, 0.717) is 6.08 Å². The number of hydrogen-bond acceptors (Lipinski definition) is 14. The van der Waals surface area contributed by atoms with Crippen molar-refractivity contribution in [1.82, 2.24) is 0 Å². The fourth-order valence-electron chi connectivity index (χ4n) is 2.58. The fraction of sp³-hybridized carbons (Fsp3) is 0.130. The summed E-state index contributed by atoms with van der Waals surface area (Å²) < 4.78 is 169. The van der Waals surface area contributed by atoms with Crippen LogP contribution in [0.3, 0.4) is 0 Å². The molecule has 0 saturated heterocycles. The molecule has 1 aliphatic rings. The van der Waals surface area contributed by atoms with Crippen LogP contribution in [0.25, 0.3) is 8.25 Å². The standard InChI is InChI=1S/C12H9F3NO7S2.C7H6F3N2O4S2.C4H2O3.2Li/c13-12(14,15)25(22,23)16-24(20,21)10-4-1-8(2-5-10)7-9(17)3-6-11(18)19;8-7(9,10)18(15,16)12-17(13,14)6-3-1-5(11)2-4-6;5-3-1-2-4(6)7-3;;/h1-6H,7H2,(H,18,19);1-4H,11H2;1-2H;;/q2*-1;;2*+1/b6-3-;;;;. The van der Waals surface area contributed by atoms with Crippen LogP contribution in [0.4, 0.5) is 32.0 Å². The van der Waals surface area contributed by atoms with Crippen molar-refractivity contribution in [3.63, 3.8) is 0 Å². The smallest absolute Gasteiger partial charge is 0.478 e. The number of esters is 2. The number of allylic oxidation sites excluding steroid dienone is 1. The van der Waals surface area contributed by atoms with Gasteiger partial charge in [-0.3, -0.25) is 4.79 Å². The SMILES string of the molecule is Nc1ccc(S(=O)(=O)[N-]S(=O)(=O)C(F)(F)F)cc1.O=C(O)/C=C\C(=O)Cc1ccc(S(=O)(=O)[N-]S(=O)(=O)C(F)(F)F)cc1.O=C1C=CC(=O)O1.[Li+].[Li+]. The van der Waals surface area contributed by atoms with Crippen molar-refractivity contribution >= 4 is 69.5 Å². The van der Waals surface area contributed by atoms with E-state index in [2.05, 4.69) is 4.74 Å². The number of halogens is 6. The quantitative estimate of drug-likeness (QED) is 0.0580. The molecule has 0 amide bonds. The van der Waals surface area contributed by atoms with E-state index in [1.807, 2.05) is 8.25 Å². The number of nitrogen functional groups attached to an aromatic ring is 1. The predicted molar refractivity (Wildman–Crippen MR) is 154 cm³/mol. The van der Waals surface area contributed by atoms with E-state index in [0.717, 1.165) is 66.8 Å². The summed E-state index contributed by atoms with van der Waals surface area (Å²) in [6, 6.07) is 7.51. The Balaban J connectivity index is 0. The molecule has 0 saturated carbocycles. The number of benzene rings is 2. The van der Waals surface area contributed by atoms with E-state index in [1.54, 1.807) is 0 Å². The van der Waals surface area contributed by atoms with Gasteiger partial charge in [-0.2, -0.15) is 26.3 Å². The number of cyclic esters (lactones) is 2. The number of nitrogens with zero attached hydrogens (tertiary/aromatic N) is 2. The number of sulfonamides is 4. The molecule has 0 aromatic heterocycles. The van der Waals surface area contributed by atoms with Gasteiger partial charge in [0, 0.05) is 40.1 Å². The first kappa shape index (κ1) is 50.6. The van der Waals surface area contributed by atoms with Gasteiger partial charge in [0.15, 0.2) is 25.8 Å². The summed E-state index contributed by atoms with van der Waals surface area (Å²) in [5.41, 5.74) is -6.01. The second kappa shape index (κ2) is 19.5. The van der Waals surface area contributed by atoms with Crippen LogP contribution in [-0.2, 0) is 70.4 Å². The number of carboxylic acids is 1. The number of hydrogen-bond donors (Lipinski definition) is 2. The number of aliphatic carboxylic acids is 1. The number of ketones is 1. The van der Waals surface area contributed by atoms with Crippen LogP contribution in [0.1, 0.15) is 5.56 Å². The summed E-state index contributed by atoms with van der Waals surface area (Å²) in [6.45, 7) is 0. The number of carbonyl (C=O) groups excluding carboxylic acids is 3. The van der Waals surface area contributed by atoms with Gasteiger partial charge in [0.05, 0.1) is 0 Å². The maximum absolute atomic E-state index is 12.2. The molecule has 0 aliphatic carbocycles. The zero-order valence-electron chi connectivity index (χ0n) is 25.8. The largest absolute Gasteiger partial charge is 1.00 e. The molecule has 0 fully saturated rings. The van der Waals surface area contributed by atoms with Crippen LogP contribution in [0.15, 0.2) is 82.6 Å². The first-order valence-corrected chi connectivity index (χ1v) is 17.7. The molecule has 0 spiro atoms. The van der Waals surface area contributed by atoms with Gasteiger partial charge in [0.25, 0.3) is 0 Å². The van der Waals surface area contributed by atoms with Crippen molar-refractivity contribution < 1.29 is 127 Å². The normalized spacial score (nSPS) is 13.3. The number of ether oxygens (including phenoxy) is 1. The fourth-order valence-corrected chi connectivity index (χ4v) is 6.97. The number of nitrogens with two attached hydrogens (primary N) is 1. The molecular formula is C23H17F6Li2N3O14S4. The summed E-state index contributed by atoms with van der Waals surface area (Å²) >= 11 is 0. The van der Waals surface area contributed by atoms with E-state index in [1.165, 1.54) is 0 Å². The molecule has 276 valence electrons. The van der Waals surface area contributed by atoms with Gasteiger partial charge in [0.2, 0.25) is 0 Å². The maximum Gasteiger partial charge on any atom is 1.00 e. The van der Waals surface area contributed by atoms with Gasteiger partial charge in [0.1, 0.15) is 20.0 Å². The van der Waals surface area contributed by atoms with Gasteiger partial charge in [-0.1, -0.05) is 12.1 Å². The molecule has 52 heavy (non-hydrogen) atoms. The van der Waals surface area contributed by atoms with Crippen LogP contribution in [0.2, 0.25) is 0 Å². The van der Waals surface area contributed by atoms with E-state index in [9.17, 15) is 79.2 Å². The summed E-state index contributed by atoms with van der Waals surface area (Å²) in [7, 11) is -22.4. The van der Waals surface area contributed by atoms with Gasteiger partial charge in [-0.25, -0.2) is 48.1 Å². The van der Waals surface area contributed by atoms with Crippen molar-refractivity contribution in [3.8, 4) is 0 Å². The summed E-state index contributed by atoms with van der Waals surface area (Å²) in [5.74, 6) is -3.13. The van der Waals surface area contributed by atoms with Crippen molar-refractivity contribution in [1.29, 1.82) is 0 Å². The molecule has 0 unspecified atom stereocenters. The van der Waals surface area contributed by atoms with E-state index in [4.69, 9.17) is 10.8 Å². The average Bonchev–Trinajstić information content (AvgIpc) is 3.33. The van der Waals surface area contributed by atoms with Gasteiger partial charge in [-0.15, -0.1) is 0 Å². The van der Waals surface area contributed by atoms with E-state index >= 15 is 0 Å². The van der Waals surface area contributed by atoms with Crippen molar-refractivity contribution in [2.45, 2.75) is 27.2 Å². The summed E-state index contributed by atoms with van der Waals surface area (Å²) in [6.07, 6.45) is 3.24. The third-order valence-corrected chi connectivity index (χ3v) is 10.8. The molecule has 17 nitrogen and oxygen atoms in total. The number of anilines is 1. The minimum absolute atomic E-state index is 0. The monoisotopic (exact) mass is 815 g/mol. The molecule has 29 heteroatoms. The zero-order chi connectivity index (χ0) is 38.9. The van der Waals surface area contributed by atoms with Crippen LogP contribution in [0, 0.1) is 0 Å². The van der Waals surface area contributed by atoms with Crippen LogP contribution < -0.4 is 43.5 Å². The van der Waals surface area contributed by atoms with E-state index < -0.39 is 84.6 Å². The molecular weight excluding hydrogens is 798 g/mol. The Morgan fingerprint density at radius 1 is 0.673 bits per heavy atom. The molecule has 1 aliphatic heterocycles. The van der Waals surface area contributed by atoms with Crippen molar-refractivity contribution in [2.75, 3.05) is 5.73 Å². The zero-order valence-corrected chi connectivity index (χ0v) is 29.0. The maximum atomic E-state index is 12.2. The van der Waals surface area contributed by atoms with Crippen LogP contribution in [-0.4, -0.2) is 73.5 Å². The van der Waals surface area contributed by atoms with Crippen molar-refractivity contribution in [3.05, 3.63) is 86.7 Å². The molecule has 3 N–H and O–H groups in total. The Kier molecular flexibility index (Phi) is 19.0. The number of carboxylic acid groups (broad SMARTS) is 1. The number of alkyl halides is 6. The van der Waals surface area contributed by atoms with Gasteiger partial charge < -0.3 is 23.8 Å². The van der Waals surface area contributed by atoms with E-state index in [-0.39, 0.29) is 55.4 Å². The Morgan fingerprint density at radius 2 is 1.02 bits per heavy atom. The molecule has 2 aromatic rings. The Morgan fingerprint density at radius 3 is 1.31 bits per heavy atom. The summed E-state index contributed by atoms with van der Waals surface area (Å²) in [4.78, 5) is 40.0. The molecule has 0 atom stereocenters. The molecule has 0 bridgehead atoms. The topological polar surface area (TPSA) is 289 Å². The average molecular weight is 816 g/mol. The van der Waals surface area contributed by atoms with Gasteiger partial charge in [-0.05, 0) is 48.0 Å². The van der Waals surface area contributed by atoms with Crippen LogP contribution in [0.5, 0.6) is 0 Å². The predicted octanol–water partition coefficient (Wildman–Crippen LogP) is -3.83. The minimum atomic E-state index is -6.23. The van der Waals surface area contributed by atoms with Crippen LogP contribution >= 0.6 is 0 Å². The Bertz CT molecular complexity index is 2110. The van der Waals surface area contributed by atoms with Crippen molar-refractivity contribution in [2.24, 2.45) is 0 Å².